The van der Waals surface area contributed by atoms with E-state index in [0.717, 1.165) is 0 Å². The van der Waals surface area contributed by atoms with Crippen LogP contribution in [0.4, 0.5) is 5.69 Å². The monoisotopic (exact) mass is 408 g/mol. The Morgan fingerprint density at radius 3 is 2.57 bits per heavy atom. The van der Waals surface area contributed by atoms with E-state index in [1.165, 1.54) is 4.90 Å². The molecule has 0 saturated carbocycles. The van der Waals surface area contributed by atoms with Gasteiger partial charge in [-0.2, -0.15) is 0 Å². The summed E-state index contributed by atoms with van der Waals surface area (Å²) in [5, 5.41) is 24.1. The van der Waals surface area contributed by atoms with Gasteiger partial charge in [-0.3, -0.25) is 4.79 Å². The average Bonchev–Trinajstić information content (AvgIpc) is 3.32. The Balaban J connectivity index is 1.72. The lowest BCUT2D eigenvalue weighted by atomic mass is 9.97. The normalized spacial score (nSPS) is 18.8. The largest absolute Gasteiger partial charge is 0.476 e. The number of carboxylic acid groups (broad SMARTS) is 1. The molecule has 30 heavy (non-hydrogen) atoms. The minimum absolute atomic E-state index is 0.0897. The second-order valence-corrected chi connectivity index (χ2v) is 7.39. The second kappa shape index (κ2) is 6.96. The summed E-state index contributed by atoms with van der Waals surface area (Å²) in [6.45, 7) is 2.14. The molecule has 2 aromatic heterocycles. The van der Waals surface area contributed by atoms with Gasteiger partial charge in [-0.1, -0.05) is 23.4 Å². The first kappa shape index (κ1) is 19.6. The Bertz CT molecular complexity index is 1170. The molecule has 1 saturated heterocycles. The number of carboxylic acids is 1. The number of anilines is 1. The molecule has 4 N–H and O–H groups in total. The van der Waals surface area contributed by atoms with Crippen LogP contribution in [0.2, 0.25) is 0 Å². The second-order valence-electron chi connectivity index (χ2n) is 7.39. The molecule has 0 spiro atoms. The van der Waals surface area contributed by atoms with Crippen molar-refractivity contribution in [2.75, 3.05) is 19.3 Å². The third-order valence-electron chi connectivity index (χ3n) is 5.35. The first-order chi connectivity index (χ1) is 14.2. The van der Waals surface area contributed by atoms with Gasteiger partial charge >= 0.3 is 5.97 Å². The van der Waals surface area contributed by atoms with Gasteiger partial charge in [0.05, 0.1) is 11.4 Å². The van der Waals surface area contributed by atoms with Gasteiger partial charge in [-0.15, -0.1) is 0 Å². The van der Waals surface area contributed by atoms with Crippen molar-refractivity contribution >= 4 is 17.6 Å². The predicted molar refractivity (Wildman–Crippen MR) is 107 cm³/mol. The number of pyridine rings is 1. The summed E-state index contributed by atoms with van der Waals surface area (Å²) in [5.74, 6) is -1.54. The number of aromatic carboxylic acids is 1. The molecule has 0 bridgehead atoms. The molecular formula is C21H20N4O5. The number of aryl methyl sites for hydroxylation is 1. The molecule has 3 aromatic rings. The van der Waals surface area contributed by atoms with Crippen molar-refractivity contribution in [3.8, 4) is 22.5 Å². The zero-order valence-electron chi connectivity index (χ0n) is 16.4. The Morgan fingerprint density at radius 2 is 1.93 bits per heavy atom. The molecule has 0 unspecified atom stereocenters. The molecule has 1 atom stereocenters. The molecule has 1 aliphatic heterocycles. The Kier molecular flexibility index (Phi) is 4.54. The third-order valence-corrected chi connectivity index (χ3v) is 5.35. The van der Waals surface area contributed by atoms with Crippen LogP contribution in [0.1, 0.15) is 28.2 Å². The zero-order chi connectivity index (χ0) is 21.6. The number of carbonyl (C=O) groups excluding carboxylic acids is 1. The maximum absolute atomic E-state index is 12.3. The van der Waals surface area contributed by atoms with Crippen molar-refractivity contribution in [1.82, 2.24) is 15.0 Å². The van der Waals surface area contributed by atoms with Crippen LogP contribution in [0.5, 0.6) is 0 Å². The number of nitrogen functional groups attached to an aromatic ring is 1. The molecule has 1 aliphatic rings. The number of hydrogen-bond acceptors (Lipinski definition) is 7. The lowest BCUT2D eigenvalue weighted by Gasteiger charge is -2.16. The highest BCUT2D eigenvalue weighted by Gasteiger charge is 2.48. The van der Waals surface area contributed by atoms with E-state index in [4.69, 9.17) is 10.3 Å². The number of aromatic nitrogens is 2. The fraction of sp³-hybridized carbons (Fsp3) is 0.238. The summed E-state index contributed by atoms with van der Waals surface area (Å²) < 4.78 is 5.30. The molecule has 1 fully saturated rings. The van der Waals surface area contributed by atoms with Crippen LogP contribution in [0.25, 0.3) is 22.5 Å². The van der Waals surface area contributed by atoms with E-state index in [9.17, 15) is 19.8 Å². The highest BCUT2D eigenvalue weighted by Crippen LogP contribution is 2.35. The number of benzene rings is 1. The van der Waals surface area contributed by atoms with E-state index in [1.807, 2.05) is 0 Å². The summed E-state index contributed by atoms with van der Waals surface area (Å²) in [4.78, 5) is 29.3. The lowest BCUT2D eigenvalue weighted by Crippen LogP contribution is -2.35. The minimum Gasteiger partial charge on any atom is -0.476 e. The molecular weight excluding hydrogens is 388 g/mol. The third kappa shape index (κ3) is 3.09. The zero-order valence-corrected chi connectivity index (χ0v) is 16.4. The van der Waals surface area contributed by atoms with Crippen molar-refractivity contribution in [2.24, 2.45) is 0 Å². The summed E-state index contributed by atoms with van der Waals surface area (Å²) in [6.07, 6.45) is 0.226. The van der Waals surface area contributed by atoms with Gasteiger partial charge in [-0.05, 0) is 24.6 Å². The molecule has 154 valence electrons. The lowest BCUT2D eigenvalue weighted by molar-refractivity contribution is -0.144. The number of carbonyl (C=O) groups is 2. The van der Waals surface area contributed by atoms with Crippen LogP contribution in [-0.4, -0.2) is 50.7 Å². The molecule has 0 radical (unpaired) electrons. The van der Waals surface area contributed by atoms with Crippen molar-refractivity contribution in [2.45, 2.75) is 18.9 Å². The molecule has 4 rings (SSSR count). The number of nitrogens with zero attached hydrogens (tertiary/aromatic N) is 3. The molecule has 9 heteroatoms. The average molecular weight is 408 g/mol. The highest BCUT2D eigenvalue weighted by atomic mass is 16.5. The summed E-state index contributed by atoms with van der Waals surface area (Å²) in [5.41, 5.74) is 6.86. The fourth-order valence-electron chi connectivity index (χ4n) is 3.52. The van der Waals surface area contributed by atoms with Crippen molar-refractivity contribution < 1.29 is 24.3 Å². The Labute approximate surface area is 171 Å². The van der Waals surface area contributed by atoms with Crippen LogP contribution in [-0.2, 0) is 10.4 Å². The molecule has 1 amide bonds. The molecule has 9 nitrogen and oxygen atoms in total. The van der Waals surface area contributed by atoms with E-state index in [0.29, 0.717) is 34.6 Å². The summed E-state index contributed by atoms with van der Waals surface area (Å²) in [7, 11) is 1.62. The Morgan fingerprint density at radius 1 is 1.23 bits per heavy atom. The van der Waals surface area contributed by atoms with Gasteiger partial charge in [-0.25, -0.2) is 9.78 Å². The minimum atomic E-state index is -1.72. The SMILES string of the molecule is Cc1cc(-c2cccc(-c3cc([C@]4(O)CCN(C)C4=O)on3)c2)nc(C(=O)O)c1N. The van der Waals surface area contributed by atoms with Crippen LogP contribution in [0, 0.1) is 6.92 Å². The number of likely N-dealkylation sites (tertiary alicyclic amines) is 1. The number of amides is 1. The highest BCUT2D eigenvalue weighted by molar-refractivity contribution is 5.93. The van der Waals surface area contributed by atoms with E-state index >= 15 is 0 Å². The van der Waals surface area contributed by atoms with Crippen LogP contribution in [0.3, 0.4) is 0 Å². The van der Waals surface area contributed by atoms with Gasteiger partial charge < -0.3 is 25.4 Å². The first-order valence-corrected chi connectivity index (χ1v) is 9.27. The van der Waals surface area contributed by atoms with Gasteiger partial charge in [0, 0.05) is 37.2 Å². The van der Waals surface area contributed by atoms with Gasteiger partial charge in [0.2, 0.25) is 5.60 Å². The Hall–Kier alpha value is -3.72. The van der Waals surface area contributed by atoms with E-state index in [-0.39, 0.29) is 23.6 Å². The van der Waals surface area contributed by atoms with Crippen LogP contribution < -0.4 is 5.73 Å². The van der Waals surface area contributed by atoms with Crippen LogP contribution in [0.15, 0.2) is 40.9 Å². The number of likely N-dealkylation sites (N-methyl/N-ethyl adjacent to an activating group) is 1. The van der Waals surface area contributed by atoms with Crippen molar-refractivity contribution in [3.63, 3.8) is 0 Å². The molecule has 0 aliphatic carbocycles. The number of nitrogens with two attached hydrogens (primary N) is 1. The topological polar surface area (TPSA) is 143 Å². The fourth-order valence-corrected chi connectivity index (χ4v) is 3.52. The first-order valence-electron chi connectivity index (χ1n) is 9.27. The quantitative estimate of drug-likeness (QED) is 0.595. The molecule has 1 aromatic carbocycles. The van der Waals surface area contributed by atoms with E-state index < -0.39 is 17.5 Å². The number of rotatable bonds is 4. The number of hydrogen-bond donors (Lipinski definition) is 3. The summed E-state index contributed by atoms with van der Waals surface area (Å²) in [6, 6.07) is 10.4. The molecule has 3 heterocycles. The van der Waals surface area contributed by atoms with Crippen molar-refractivity contribution in [1.29, 1.82) is 0 Å². The van der Waals surface area contributed by atoms with Crippen LogP contribution >= 0.6 is 0 Å². The summed E-state index contributed by atoms with van der Waals surface area (Å²) >= 11 is 0. The van der Waals surface area contributed by atoms with Gasteiger partial charge in [0.1, 0.15) is 5.69 Å². The van der Waals surface area contributed by atoms with Crippen molar-refractivity contribution in [3.05, 3.63) is 53.4 Å². The predicted octanol–water partition coefficient (Wildman–Crippen LogP) is 2.04. The van der Waals surface area contributed by atoms with Gasteiger partial charge in [0.15, 0.2) is 11.5 Å². The van der Waals surface area contributed by atoms with Gasteiger partial charge in [0.25, 0.3) is 5.91 Å². The standard InChI is InChI=1S/C21H20N4O5/c1-11-8-14(23-18(17(11)22)19(26)27)12-4-3-5-13(9-12)15-10-16(30-24-15)21(29)6-7-25(2)20(21)28/h3-5,8-10,29H,6-7,22H2,1-2H3,(H,26,27)/t21-/m1/s1. The smallest absolute Gasteiger partial charge is 0.356 e. The maximum atomic E-state index is 12.3. The van der Waals surface area contributed by atoms with E-state index in [1.54, 1.807) is 50.4 Å². The number of aliphatic hydroxyl groups is 1. The maximum Gasteiger partial charge on any atom is 0.356 e. The van der Waals surface area contributed by atoms with E-state index in [2.05, 4.69) is 10.1 Å².